The second-order valence-electron chi connectivity index (χ2n) is 4.77. The summed E-state index contributed by atoms with van der Waals surface area (Å²) in [4.78, 5) is 8.53. The predicted octanol–water partition coefficient (Wildman–Crippen LogP) is 2.95. The molecular weight excluding hydrogens is 218 g/mol. The number of amidine groups is 1. The summed E-state index contributed by atoms with van der Waals surface area (Å²) in [6, 6.07) is 0. The maximum Gasteiger partial charge on any atom is 0.146 e. The molecule has 92 valence electrons. The van der Waals surface area contributed by atoms with Crippen LogP contribution in [0.3, 0.4) is 0 Å². The quantitative estimate of drug-likeness (QED) is 0.609. The zero-order valence-electron chi connectivity index (χ0n) is 11.2. The zero-order chi connectivity index (χ0) is 12.8. The summed E-state index contributed by atoms with van der Waals surface area (Å²) < 4.78 is 0. The van der Waals surface area contributed by atoms with Crippen molar-refractivity contribution >= 4 is 22.6 Å². The largest absolute Gasteiger partial charge is 0.368 e. The van der Waals surface area contributed by atoms with Crippen LogP contribution in [0.15, 0.2) is 22.3 Å². The maximum atomic E-state index is 4.36. The van der Waals surface area contributed by atoms with Crippen molar-refractivity contribution in [1.29, 1.82) is 0 Å². The standard InChI is InChI=1S/C12H23N3S/c1-9(15-10(2)16-7)11(13-6)14-8-12(3,4)5/h1,8H2,2-7H3,(H,13,14). The monoisotopic (exact) mass is 241 g/mol. The number of nitrogens with one attached hydrogen (secondary N) is 1. The first-order valence-electron chi connectivity index (χ1n) is 5.29. The Labute approximate surface area is 104 Å². The van der Waals surface area contributed by atoms with Gasteiger partial charge in [0.05, 0.1) is 10.7 Å². The Morgan fingerprint density at radius 3 is 2.31 bits per heavy atom. The van der Waals surface area contributed by atoms with Crippen LogP contribution in [0.2, 0.25) is 0 Å². The summed E-state index contributed by atoms with van der Waals surface area (Å²) in [5, 5.41) is 4.26. The van der Waals surface area contributed by atoms with Gasteiger partial charge in [-0.3, -0.25) is 4.99 Å². The Kier molecular flexibility index (Phi) is 6.41. The van der Waals surface area contributed by atoms with Crippen molar-refractivity contribution in [2.75, 3.05) is 19.8 Å². The summed E-state index contributed by atoms with van der Waals surface area (Å²) in [5.74, 6) is 0.767. The zero-order valence-corrected chi connectivity index (χ0v) is 12.0. The van der Waals surface area contributed by atoms with Crippen LogP contribution in [0.4, 0.5) is 0 Å². The molecule has 1 N–H and O–H groups in total. The fourth-order valence-electron chi connectivity index (χ4n) is 0.948. The lowest BCUT2D eigenvalue weighted by atomic mass is 9.97. The Morgan fingerprint density at radius 1 is 1.38 bits per heavy atom. The predicted molar refractivity (Wildman–Crippen MR) is 76.6 cm³/mol. The molecule has 0 radical (unpaired) electrons. The molecule has 0 aliphatic heterocycles. The first-order valence-corrected chi connectivity index (χ1v) is 6.52. The Morgan fingerprint density at radius 2 is 1.94 bits per heavy atom. The molecule has 0 saturated heterocycles. The molecule has 0 aromatic carbocycles. The molecular formula is C12H23N3S. The van der Waals surface area contributed by atoms with Crippen molar-refractivity contribution in [2.24, 2.45) is 15.4 Å². The fraction of sp³-hybridized carbons (Fsp3) is 0.667. The molecule has 0 aliphatic rings. The molecule has 16 heavy (non-hydrogen) atoms. The van der Waals surface area contributed by atoms with Crippen LogP contribution < -0.4 is 5.32 Å². The molecule has 4 heteroatoms. The van der Waals surface area contributed by atoms with Gasteiger partial charge in [-0.05, 0) is 18.6 Å². The maximum absolute atomic E-state index is 4.36. The van der Waals surface area contributed by atoms with E-state index in [1.165, 1.54) is 0 Å². The molecule has 0 amide bonds. The summed E-state index contributed by atoms with van der Waals surface area (Å²) in [7, 11) is 1.75. The van der Waals surface area contributed by atoms with Gasteiger partial charge in [0, 0.05) is 13.6 Å². The molecule has 0 rings (SSSR count). The van der Waals surface area contributed by atoms with E-state index in [1.54, 1.807) is 18.8 Å². The molecule has 3 nitrogen and oxygen atoms in total. The fourth-order valence-corrected chi connectivity index (χ4v) is 1.15. The van der Waals surface area contributed by atoms with E-state index in [9.17, 15) is 0 Å². The third kappa shape index (κ3) is 6.67. The molecule has 0 saturated carbocycles. The molecule has 0 spiro atoms. The van der Waals surface area contributed by atoms with Crippen LogP contribution in [0.1, 0.15) is 27.7 Å². The number of hydrogen-bond acceptors (Lipinski definition) is 3. The minimum absolute atomic E-state index is 0.217. The first-order chi connectivity index (χ1) is 7.30. The van der Waals surface area contributed by atoms with Gasteiger partial charge >= 0.3 is 0 Å². The highest BCUT2D eigenvalue weighted by Crippen LogP contribution is 2.11. The van der Waals surface area contributed by atoms with Crippen LogP contribution in [0, 0.1) is 5.41 Å². The Balaban J connectivity index is 4.48. The summed E-state index contributed by atoms with van der Waals surface area (Å²) >= 11 is 1.61. The average molecular weight is 241 g/mol. The van der Waals surface area contributed by atoms with Crippen LogP contribution in [-0.2, 0) is 0 Å². The molecule has 0 bridgehead atoms. The van der Waals surface area contributed by atoms with Gasteiger partial charge in [-0.15, -0.1) is 11.8 Å². The molecule has 0 unspecified atom stereocenters. The van der Waals surface area contributed by atoms with E-state index in [4.69, 9.17) is 0 Å². The minimum atomic E-state index is 0.217. The van der Waals surface area contributed by atoms with E-state index in [0.717, 1.165) is 17.4 Å². The van der Waals surface area contributed by atoms with Crippen molar-refractivity contribution in [3.63, 3.8) is 0 Å². The van der Waals surface area contributed by atoms with Crippen molar-refractivity contribution in [3.05, 3.63) is 12.3 Å². The SMILES string of the molecule is C=C(N=C(C)SC)C(=NC)NCC(C)(C)C. The van der Waals surface area contributed by atoms with Crippen LogP contribution in [0.25, 0.3) is 0 Å². The molecule has 0 atom stereocenters. The molecule has 0 fully saturated rings. The van der Waals surface area contributed by atoms with Crippen LogP contribution in [-0.4, -0.2) is 30.7 Å². The van der Waals surface area contributed by atoms with Gasteiger partial charge < -0.3 is 5.32 Å². The number of thioether (sulfide) groups is 1. The van der Waals surface area contributed by atoms with E-state index < -0.39 is 0 Å². The number of hydrogen-bond donors (Lipinski definition) is 1. The third-order valence-electron chi connectivity index (χ3n) is 1.87. The molecule has 0 aromatic heterocycles. The number of rotatable bonds is 3. The van der Waals surface area contributed by atoms with Gasteiger partial charge in [0.1, 0.15) is 5.84 Å². The second kappa shape index (κ2) is 6.74. The van der Waals surface area contributed by atoms with Gasteiger partial charge in [-0.2, -0.15) is 0 Å². The third-order valence-corrected chi connectivity index (χ3v) is 2.55. The smallest absolute Gasteiger partial charge is 0.146 e. The molecule has 0 aliphatic carbocycles. The normalized spacial score (nSPS) is 13.9. The van der Waals surface area contributed by atoms with Crippen LogP contribution in [0.5, 0.6) is 0 Å². The van der Waals surface area contributed by atoms with Gasteiger partial charge in [0.25, 0.3) is 0 Å². The molecule has 0 heterocycles. The van der Waals surface area contributed by atoms with Crippen molar-refractivity contribution in [1.82, 2.24) is 5.32 Å². The lowest BCUT2D eigenvalue weighted by Gasteiger charge is -2.20. The lowest BCUT2D eigenvalue weighted by Crippen LogP contribution is -2.33. The average Bonchev–Trinajstić information content (AvgIpc) is 2.16. The number of aliphatic imine (C=N–C) groups is 2. The Bertz CT molecular complexity index is 298. The topological polar surface area (TPSA) is 36.8 Å². The van der Waals surface area contributed by atoms with Crippen molar-refractivity contribution in [3.8, 4) is 0 Å². The van der Waals surface area contributed by atoms with Gasteiger partial charge in [-0.25, -0.2) is 4.99 Å². The van der Waals surface area contributed by atoms with Gasteiger partial charge in [0.2, 0.25) is 0 Å². The highest BCUT2D eigenvalue weighted by molar-refractivity contribution is 8.13. The van der Waals surface area contributed by atoms with E-state index in [1.807, 2.05) is 13.2 Å². The van der Waals surface area contributed by atoms with Crippen molar-refractivity contribution in [2.45, 2.75) is 27.7 Å². The highest BCUT2D eigenvalue weighted by Gasteiger charge is 2.11. The second-order valence-corrected chi connectivity index (χ2v) is 5.77. The summed E-state index contributed by atoms with van der Waals surface area (Å²) in [6.45, 7) is 13.3. The molecule has 0 aromatic rings. The van der Waals surface area contributed by atoms with Crippen LogP contribution >= 0.6 is 11.8 Å². The van der Waals surface area contributed by atoms with E-state index >= 15 is 0 Å². The number of nitrogens with zero attached hydrogens (tertiary/aromatic N) is 2. The van der Waals surface area contributed by atoms with Gasteiger partial charge in [-0.1, -0.05) is 27.4 Å². The summed E-state index contributed by atoms with van der Waals surface area (Å²) in [5.41, 5.74) is 0.910. The van der Waals surface area contributed by atoms with E-state index in [2.05, 4.69) is 42.7 Å². The first kappa shape index (κ1) is 15.2. The Hall–Kier alpha value is -0.770. The lowest BCUT2D eigenvalue weighted by molar-refractivity contribution is 0.409. The summed E-state index contributed by atoms with van der Waals surface area (Å²) in [6.07, 6.45) is 2.00. The highest BCUT2D eigenvalue weighted by atomic mass is 32.2. The van der Waals surface area contributed by atoms with E-state index in [0.29, 0.717) is 5.70 Å². The van der Waals surface area contributed by atoms with Crippen molar-refractivity contribution < 1.29 is 0 Å². The van der Waals surface area contributed by atoms with E-state index in [-0.39, 0.29) is 5.41 Å². The van der Waals surface area contributed by atoms with Gasteiger partial charge in [0.15, 0.2) is 0 Å². The minimum Gasteiger partial charge on any atom is -0.368 e.